The quantitative estimate of drug-likeness (QED) is 0.780. The number of rotatable bonds is 5. The first-order chi connectivity index (χ1) is 8.08. The molecule has 0 amide bonds. The third-order valence-corrected chi connectivity index (χ3v) is 3.94. The van der Waals surface area contributed by atoms with Crippen LogP contribution in [0.25, 0.3) is 0 Å². The van der Waals surface area contributed by atoms with E-state index in [1.54, 1.807) is 24.1 Å². The molecule has 0 aromatic carbocycles. The van der Waals surface area contributed by atoms with Crippen LogP contribution in [-0.2, 0) is 16.1 Å². The molecular weight excluding hydrogens is 276 g/mol. The van der Waals surface area contributed by atoms with Crippen molar-refractivity contribution in [3.8, 4) is 5.75 Å². The lowest BCUT2D eigenvalue weighted by Crippen LogP contribution is -2.31. The van der Waals surface area contributed by atoms with Gasteiger partial charge in [0.15, 0.2) is 5.75 Å². The van der Waals surface area contributed by atoms with Gasteiger partial charge in [0.1, 0.15) is 0 Å². The van der Waals surface area contributed by atoms with Crippen molar-refractivity contribution in [3.63, 3.8) is 0 Å². The lowest BCUT2D eigenvalue weighted by atomic mass is 9.82. The Balaban J connectivity index is 2.68. The molecule has 0 fully saturated rings. The second-order valence-electron chi connectivity index (χ2n) is 5.43. The van der Waals surface area contributed by atoms with Crippen molar-refractivity contribution in [1.29, 1.82) is 0 Å². The van der Waals surface area contributed by atoms with Crippen LogP contribution in [0.2, 0.25) is 0 Å². The van der Waals surface area contributed by atoms with E-state index in [0.29, 0.717) is 12.4 Å². The lowest BCUT2D eigenvalue weighted by Gasteiger charge is -2.29. The van der Waals surface area contributed by atoms with E-state index >= 15 is 0 Å². The summed E-state index contributed by atoms with van der Waals surface area (Å²) in [4.78, 5) is 0. The molecule has 1 heterocycles. The van der Waals surface area contributed by atoms with Gasteiger partial charge in [0, 0.05) is 23.6 Å². The summed E-state index contributed by atoms with van der Waals surface area (Å²) in [6.45, 7) is 6.19. The summed E-state index contributed by atoms with van der Waals surface area (Å²) >= 11 is 0. The van der Waals surface area contributed by atoms with Crippen molar-refractivity contribution in [1.82, 2.24) is 9.78 Å². The fraction of sp³-hybridized carbons (Fsp3) is 0.727. The highest BCUT2D eigenvalue weighted by molar-refractivity contribution is 8.13. The van der Waals surface area contributed by atoms with Crippen molar-refractivity contribution in [2.24, 2.45) is 18.4 Å². The van der Waals surface area contributed by atoms with Crippen LogP contribution in [0.15, 0.2) is 12.4 Å². The van der Waals surface area contributed by atoms with Gasteiger partial charge in [-0.1, -0.05) is 20.8 Å². The van der Waals surface area contributed by atoms with E-state index in [1.807, 2.05) is 20.8 Å². The van der Waals surface area contributed by atoms with Gasteiger partial charge < -0.3 is 4.74 Å². The topological polar surface area (TPSA) is 61.2 Å². The Bertz CT molecular complexity index is 491. The average molecular weight is 295 g/mol. The summed E-state index contributed by atoms with van der Waals surface area (Å²) < 4.78 is 29.6. The minimum Gasteiger partial charge on any atom is -0.490 e. The molecule has 0 radical (unpaired) electrons. The molecule has 1 aromatic rings. The summed E-state index contributed by atoms with van der Waals surface area (Å²) in [5.74, 6) is 0.345. The van der Waals surface area contributed by atoms with Crippen molar-refractivity contribution in [2.45, 2.75) is 20.8 Å². The first kappa shape index (κ1) is 15.3. The molecule has 18 heavy (non-hydrogen) atoms. The highest BCUT2D eigenvalue weighted by Crippen LogP contribution is 2.28. The van der Waals surface area contributed by atoms with E-state index < -0.39 is 9.05 Å². The van der Waals surface area contributed by atoms with Gasteiger partial charge in [-0.2, -0.15) is 5.10 Å². The van der Waals surface area contributed by atoms with Crippen LogP contribution < -0.4 is 4.74 Å². The number of hydrogen-bond donors (Lipinski definition) is 0. The first-order valence-electron chi connectivity index (χ1n) is 5.62. The van der Waals surface area contributed by atoms with E-state index in [9.17, 15) is 8.42 Å². The Kier molecular flexibility index (Phi) is 4.66. The third-order valence-electron chi connectivity index (χ3n) is 2.76. The summed E-state index contributed by atoms with van der Waals surface area (Å²) in [5, 5.41) is 3.98. The first-order valence-corrected chi connectivity index (χ1v) is 8.09. The number of nitrogens with zero attached hydrogens (tertiary/aromatic N) is 2. The van der Waals surface area contributed by atoms with Gasteiger partial charge in [0.05, 0.1) is 24.8 Å². The maximum atomic E-state index is 11.2. The van der Waals surface area contributed by atoms with E-state index in [-0.39, 0.29) is 17.1 Å². The van der Waals surface area contributed by atoms with Crippen molar-refractivity contribution >= 4 is 19.7 Å². The van der Waals surface area contributed by atoms with Gasteiger partial charge in [-0.05, 0) is 5.41 Å². The van der Waals surface area contributed by atoms with Gasteiger partial charge in [0.25, 0.3) is 0 Å². The largest absolute Gasteiger partial charge is 0.490 e. The van der Waals surface area contributed by atoms with E-state index in [1.165, 1.54) is 0 Å². The Labute approximate surface area is 113 Å². The SMILES string of the molecule is Cn1cc(OCC(CS(=O)(=O)Cl)C(C)(C)C)cn1. The zero-order chi connectivity index (χ0) is 14.0. The molecule has 0 aliphatic heterocycles. The Morgan fingerprint density at radius 1 is 1.50 bits per heavy atom. The molecule has 0 saturated heterocycles. The highest BCUT2D eigenvalue weighted by atomic mass is 35.7. The number of hydrogen-bond acceptors (Lipinski definition) is 4. The monoisotopic (exact) mass is 294 g/mol. The molecule has 0 N–H and O–H groups in total. The molecule has 1 rings (SSSR count). The smallest absolute Gasteiger partial charge is 0.233 e. The minimum absolute atomic E-state index is 0.0989. The van der Waals surface area contributed by atoms with Crippen molar-refractivity contribution in [2.75, 3.05) is 12.4 Å². The van der Waals surface area contributed by atoms with Crippen molar-refractivity contribution < 1.29 is 13.2 Å². The van der Waals surface area contributed by atoms with Gasteiger partial charge in [-0.15, -0.1) is 0 Å². The third kappa shape index (κ3) is 5.27. The molecular formula is C11H19ClN2O3S. The molecule has 1 aromatic heterocycles. The van der Waals surface area contributed by atoms with E-state index in [2.05, 4.69) is 5.10 Å². The van der Waals surface area contributed by atoms with Gasteiger partial charge >= 0.3 is 0 Å². The number of aryl methyl sites for hydroxylation is 1. The second kappa shape index (κ2) is 5.48. The van der Waals surface area contributed by atoms with Crippen LogP contribution in [0.1, 0.15) is 20.8 Å². The Hall–Kier alpha value is -0.750. The van der Waals surface area contributed by atoms with Gasteiger partial charge in [0.2, 0.25) is 9.05 Å². The summed E-state index contributed by atoms with van der Waals surface area (Å²) in [7, 11) is 3.57. The molecule has 0 aliphatic carbocycles. The van der Waals surface area contributed by atoms with E-state index in [4.69, 9.17) is 15.4 Å². The Morgan fingerprint density at radius 2 is 2.11 bits per heavy atom. The molecule has 0 spiro atoms. The molecule has 0 saturated carbocycles. The predicted octanol–water partition coefficient (Wildman–Crippen LogP) is 2.03. The summed E-state index contributed by atoms with van der Waals surface area (Å²) in [6, 6.07) is 0. The fourth-order valence-electron chi connectivity index (χ4n) is 1.46. The van der Waals surface area contributed by atoms with Crippen LogP contribution in [0, 0.1) is 11.3 Å². The van der Waals surface area contributed by atoms with Crippen LogP contribution in [0.4, 0.5) is 0 Å². The number of aromatic nitrogens is 2. The summed E-state index contributed by atoms with van der Waals surface area (Å²) in [6.07, 6.45) is 3.32. The highest BCUT2D eigenvalue weighted by Gasteiger charge is 2.29. The molecule has 104 valence electrons. The predicted molar refractivity (Wildman–Crippen MR) is 71.3 cm³/mol. The lowest BCUT2D eigenvalue weighted by molar-refractivity contribution is 0.163. The van der Waals surface area contributed by atoms with Crippen molar-refractivity contribution in [3.05, 3.63) is 12.4 Å². The van der Waals surface area contributed by atoms with Crippen LogP contribution in [0.3, 0.4) is 0 Å². The van der Waals surface area contributed by atoms with Crippen LogP contribution in [-0.4, -0.2) is 30.6 Å². The van der Waals surface area contributed by atoms with E-state index in [0.717, 1.165) is 0 Å². The molecule has 5 nitrogen and oxygen atoms in total. The Morgan fingerprint density at radius 3 is 2.50 bits per heavy atom. The van der Waals surface area contributed by atoms with Gasteiger partial charge in [-0.25, -0.2) is 8.42 Å². The molecule has 1 atom stereocenters. The van der Waals surface area contributed by atoms with Gasteiger partial charge in [-0.3, -0.25) is 4.68 Å². The minimum atomic E-state index is -3.53. The molecule has 1 unspecified atom stereocenters. The molecule has 7 heteroatoms. The summed E-state index contributed by atoms with van der Waals surface area (Å²) in [5.41, 5.74) is -0.204. The second-order valence-corrected chi connectivity index (χ2v) is 8.25. The maximum absolute atomic E-state index is 11.2. The standard InChI is InChI=1S/C11H19ClN2O3S/c1-11(2,3)9(8-18(12,15)16)7-17-10-5-13-14(4)6-10/h5-6,9H,7-8H2,1-4H3. The normalized spacial score (nSPS) is 14.5. The van der Waals surface area contributed by atoms with Crippen LogP contribution >= 0.6 is 10.7 Å². The molecule has 0 aliphatic rings. The number of halogens is 1. The van der Waals surface area contributed by atoms with Crippen LogP contribution in [0.5, 0.6) is 5.75 Å². The fourth-order valence-corrected chi connectivity index (χ4v) is 2.99. The molecule has 0 bridgehead atoms. The number of ether oxygens (including phenoxy) is 1. The maximum Gasteiger partial charge on any atom is 0.233 e. The average Bonchev–Trinajstić information content (AvgIpc) is 2.55. The zero-order valence-corrected chi connectivity index (χ0v) is 12.6. The zero-order valence-electron chi connectivity index (χ0n) is 11.1.